The Bertz CT molecular complexity index is 460. The molecule has 0 aliphatic rings. The van der Waals surface area contributed by atoms with E-state index in [1.54, 1.807) is 13.0 Å². The molecule has 2 amide bonds. The molecule has 0 spiro atoms. The Morgan fingerprint density at radius 1 is 1.25 bits per heavy atom. The topological polar surface area (TPSA) is 41.1 Å². The van der Waals surface area contributed by atoms with Gasteiger partial charge in [0.15, 0.2) is 0 Å². The van der Waals surface area contributed by atoms with Gasteiger partial charge >= 0.3 is 12.2 Å². The van der Waals surface area contributed by atoms with Gasteiger partial charge in [-0.3, -0.25) is 0 Å². The molecule has 0 bridgehead atoms. The van der Waals surface area contributed by atoms with Crippen LogP contribution in [0.25, 0.3) is 0 Å². The van der Waals surface area contributed by atoms with E-state index in [4.69, 9.17) is 0 Å². The standard InChI is InChI=1S/C13H16F4N2O/c1-9-7-10(3-4-11(9)14)8-19-12(20)18-6-2-5-13(15,16)17/h3-4,7H,2,5-6,8H2,1H3,(H2,18,19,20). The second kappa shape index (κ2) is 7.12. The fourth-order valence-electron chi connectivity index (χ4n) is 1.55. The molecule has 0 unspecified atom stereocenters. The lowest BCUT2D eigenvalue weighted by molar-refractivity contribution is -0.135. The number of halogens is 4. The first kappa shape index (κ1) is 16.3. The van der Waals surface area contributed by atoms with E-state index in [1.807, 2.05) is 0 Å². The van der Waals surface area contributed by atoms with Crippen LogP contribution in [0.1, 0.15) is 24.0 Å². The molecule has 0 aliphatic carbocycles. The van der Waals surface area contributed by atoms with Gasteiger partial charge in [0.2, 0.25) is 0 Å². The maximum atomic E-state index is 13.0. The van der Waals surface area contributed by atoms with Gasteiger partial charge < -0.3 is 10.6 Å². The molecule has 1 aromatic rings. The molecule has 0 aromatic heterocycles. The van der Waals surface area contributed by atoms with Crippen LogP contribution >= 0.6 is 0 Å². The van der Waals surface area contributed by atoms with E-state index in [-0.39, 0.29) is 25.3 Å². The molecular formula is C13H16F4N2O. The monoisotopic (exact) mass is 292 g/mol. The average molecular weight is 292 g/mol. The Kier molecular flexibility index (Phi) is 5.79. The minimum Gasteiger partial charge on any atom is -0.338 e. The van der Waals surface area contributed by atoms with E-state index in [0.29, 0.717) is 11.1 Å². The summed E-state index contributed by atoms with van der Waals surface area (Å²) in [4.78, 5) is 11.3. The number of carbonyl (C=O) groups excluding carboxylic acids is 1. The Balaban J connectivity index is 2.24. The van der Waals surface area contributed by atoms with E-state index >= 15 is 0 Å². The quantitative estimate of drug-likeness (QED) is 0.634. The van der Waals surface area contributed by atoms with Gasteiger partial charge in [-0.15, -0.1) is 0 Å². The van der Waals surface area contributed by atoms with Crippen LogP contribution in [-0.4, -0.2) is 18.8 Å². The first-order valence-corrected chi connectivity index (χ1v) is 6.11. The normalized spacial score (nSPS) is 11.2. The van der Waals surface area contributed by atoms with Crippen molar-refractivity contribution in [2.24, 2.45) is 0 Å². The number of carbonyl (C=O) groups is 1. The van der Waals surface area contributed by atoms with Crippen LogP contribution in [0.4, 0.5) is 22.4 Å². The lowest BCUT2D eigenvalue weighted by Gasteiger charge is -2.09. The van der Waals surface area contributed by atoms with Crippen LogP contribution in [0.5, 0.6) is 0 Å². The van der Waals surface area contributed by atoms with Gasteiger partial charge in [-0.25, -0.2) is 9.18 Å². The highest BCUT2D eigenvalue weighted by atomic mass is 19.4. The van der Waals surface area contributed by atoms with Crippen molar-refractivity contribution >= 4 is 6.03 Å². The smallest absolute Gasteiger partial charge is 0.338 e. The molecule has 2 N–H and O–H groups in total. The van der Waals surface area contributed by atoms with Crippen LogP contribution in [0.2, 0.25) is 0 Å². The predicted octanol–water partition coefficient (Wildman–Crippen LogP) is 3.28. The van der Waals surface area contributed by atoms with E-state index in [9.17, 15) is 22.4 Å². The third-order valence-corrected chi connectivity index (χ3v) is 2.60. The maximum absolute atomic E-state index is 13.0. The largest absolute Gasteiger partial charge is 0.389 e. The minimum absolute atomic E-state index is 0.0478. The Morgan fingerprint density at radius 2 is 1.95 bits per heavy atom. The molecule has 20 heavy (non-hydrogen) atoms. The van der Waals surface area contributed by atoms with Crippen LogP contribution in [0.15, 0.2) is 18.2 Å². The van der Waals surface area contributed by atoms with Gasteiger partial charge in [0, 0.05) is 19.5 Å². The summed E-state index contributed by atoms with van der Waals surface area (Å²) in [5.74, 6) is -0.328. The highest BCUT2D eigenvalue weighted by Gasteiger charge is 2.25. The molecular weight excluding hydrogens is 276 g/mol. The third kappa shape index (κ3) is 6.40. The van der Waals surface area contributed by atoms with Gasteiger partial charge in [-0.05, 0) is 30.5 Å². The van der Waals surface area contributed by atoms with E-state index in [1.165, 1.54) is 12.1 Å². The van der Waals surface area contributed by atoms with Crippen molar-refractivity contribution in [1.29, 1.82) is 0 Å². The van der Waals surface area contributed by atoms with Crippen LogP contribution in [-0.2, 0) is 6.54 Å². The molecule has 3 nitrogen and oxygen atoms in total. The fraction of sp³-hybridized carbons (Fsp3) is 0.462. The van der Waals surface area contributed by atoms with E-state index < -0.39 is 18.6 Å². The molecule has 0 fully saturated rings. The van der Waals surface area contributed by atoms with Crippen LogP contribution in [0, 0.1) is 12.7 Å². The fourth-order valence-corrected chi connectivity index (χ4v) is 1.55. The summed E-state index contributed by atoms with van der Waals surface area (Å²) in [6, 6.07) is 3.88. The lowest BCUT2D eigenvalue weighted by atomic mass is 10.1. The van der Waals surface area contributed by atoms with Gasteiger partial charge in [0.1, 0.15) is 5.82 Å². The maximum Gasteiger partial charge on any atom is 0.389 e. The van der Waals surface area contributed by atoms with Gasteiger partial charge in [0.05, 0.1) is 0 Å². The number of amides is 2. The number of nitrogens with one attached hydrogen (secondary N) is 2. The molecule has 7 heteroatoms. The Hall–Kier alpha value is -1.79. The molecule has 0 radical (unpaired) electrons. The number of alkyl halides is 3. The van der Waals surface area contributed by atoms with E-state index in [0.717, 1.165) is 0 Å². The van der Waals surface area contributed by atoms with Crippen molar-refractivity contribution in [1.82, 2.24) is 10.6 Å². The molecule has 0 heterocycles. The molecule has 0 aliphatic heterocycles. The second-order valence-electron chi connectivity index (χ2n) is 4.41. The first-order chi connectivity index (χ1) is 9.28. The zero-order valence-electron chi connectivity index (χ0n) is 11.0. The summed E-state index contributed by atoms with van der Waals surface area (Å²) in [7, 11) is 0. The molecule has 0 saturated heterocycles. The van der Waals surface area contributed by atoms with Gasteiger partial charge in [-0.2, -0.15) is 13.2 Å². The number of benzene rings is 1. The zero-order chi connectivity index (χ0) is 15.2. The minimum atomic E-state index is -4.20. The number of urea groups is 1. The third-order valence-electron chi connectivity index (χ3n) is 2.60. The molecule has 0 saturated carbocycles. The zero-order valence-corrected chi connectivity index (χ0v) is 11.0. The number of hydrogen-bond acceptors (Lipinski definition) is 1. The van der Waals surface area contributed by atoms with Crippen molar-refractivity contribution < 1.29 is 22.4 Å². The second-order valence-corrected chi connectivity index (χ2v) is 4.41. The molecule has 0 atom stereocenters. The molecule has 1 aromatic carbocycles. The SMILES string of the molecule is Cc1cc(CNC(=O)NCCCC(F)(F)F)ccc1F. The molecule has 112 valence electrons. The summed E-state index contributed by atoms with van der Waals surface area (Å²) in [5, 5.41) is 4.82. The summed E-state index contributed by atoms with van der Waals surface area (Å²) in [5.41, 5.74) is 1.18. The predicted molar refractivity (Wildman–Crippen MR) is 66.7 cm³/mol. The summed E-state index contributed by atoms with van der Waals surface area (Å²) < 4.78 is 48.6. The van der Waals surface area contributed by atoms with Crippen molar-refractivity contribution in [3.8, 4) is 0 Å². The van der Waals surface area contributed by atoms with Crippen molar-refractivity contribution in [2.45, 2.75) is 32.5 Å². The summed E-state index contributed by atoms with van der Waals surface area (Å²) >= 11 is 0. The average Bonchev–Trinajstić information content (AvgIpc) is 2.35. The Morgan fingerprint density at radius 3 is 2.55 bits per heavy atom. The van der Waals surface area contributed by atoms with Crippen molar-refractivity contribution in [2.75, 3.05) is 6.54 Å². The number of aryl methyl sites for hydroxylation is 1. The summed E-state index contributed by atoms with van der Waals surface area (Å²) in [6.45, 7) is 1.75. The van der Waals surface area contributed by atoms with Crippen LogP contribution < -0.4 is 10.6 Å². The number of hydrogen-bond donors (Lipinski definition) is 2. The first-order valence-electron chi connectivity index (χ1n) is 6.11. The van der Waals surface area contributed by atoms with Crippen molar-refractivity contribution in [3.63, 3.8) is 0 Å². The van der Waals surface area contributed by atoms with Gasteiger partial charge in [-0.1, -0.05) is 12.1 Å². The summed E-state index contributed by atoms with van der Waals surface area (Å²) in [6.07, 6.45) is -5.29. The van der Waals surface area contributed by atoms with E-state index in [2.05, 4.69) is 10.6 Å². The van der Waals surface area contributed by atoms with Gasteiger partial charge in [0.25, 0.3) is 0 Å². The van der Waals surface area contributed by atoms with Crippen LogP contribution in [0.3, 0.4) is 0 Å². The highest BCUT2D eigenvalue weighted by Crippen LogP contribution is 2.20. The van der Waals surface area contributed by atoms with Crippen molar-refractivity contribution in [3.05, 3.63) is 35.1 Å². The molecule has 1 rings (SSSR count). The number of rotatable bonds is 5. The lowest BCUT2D eigenvalue weighted by Crippen LogP contribution is -2.35. The Labute approximate surface area is 114 Å². The highest BCUT2D eigenvalue weighted by molar-refractivity contribution is 5.73.